The van der Waals surface area contributed by atoms with E-state index < -0.39 is 0 Å². The van der Waals surface area contributed by atoms with E-state index >= 15 is 0 Å². The first-order valence-electron chi connectivity index (χ1n) is 10.7. The molecule has 2 N–H and O–H groups in total. The largest absolute Gasteiger partial charge is 0.495 e. The number of fused-ring (bicyclic) bond motifs is 3. The molecule has 6 nitrogen and oxygen atoms in total. The summed E-state index contributed by atoms with van der Waals surface area (Å²) in [6.07, 6.45) is 1.75. The lowest BCUT2D eigenvalue weighted by Crippen LogP contribution is -2.32. The molecule has 5 rings (SSSR count). The van der Waals surface area contributed by atoms with Crippen molar-refractivity contribution in [2.45, 2.75) is 6.04 Å². The SMILES string of the molecule is COc1cc2c(cc1NC(=O)CNC(c1ccccc1)c1ccccn1)oc1ccccc12. The quantitative estimate of drug-likeness (QED) is 0.361. The Balaban J connectivity index is 1.37. The van der Waals surface area contributed by atoms with Crippen LogP contribution in [0.1, 0.15) is 17.3 Å². The van der Waals surface area contributed by atoms with E-state index in [4.69, 9.17) is 9.15 Å². The molecule has 0 bridgehead atoms. The molecule has 0 saturated heterocycles. The van der Waals surface area contributed by atoms with Crippen LogP contribution >= 0.6 is 0 Å². The van der Waals surface area contributed by atoms with E-state index in [9.17, 15) is 4.79 Å². The van der Waals surface area contributed by atoms with Gasteiger partial charge in [0.05, 0.1) is 31.1 Å². The highest BCUT2D eigenvalue weighted by molar-refractivity contribution is 6.07. The van der Waals surface area contributed by atoms with Crippen LogP contribution in [0.15, 0.2) is 95.5 Å². The number of furan rings is 1. The third kappa shape index (κ3) is 4.29. The van der Waals surface area contributed by atoms with E-state index in [1.54, 1.807) is 19.4 Å². The minimum absolute atomic E-state index is 0.0947. The molecule has 2 heterocycles. The molecule has 6 heteroatoms. The fraction of sp³-hybridized carbons (Fsp3) is 0.111. The Labute approximate surface area is 191 Å². The third-order valence-electron chi connectivity index (χ3n) is 5.56. The first-order chi connectivity index (χ1) is 16.2. The number of amides is 1. The summed E-state index contributed by atoms with van der Waals surface area (Å²) in [6, 6.07) is 27.0. The Hall–Kier alpha value is -4.16. The van der Waals surface area contributed by atoms with E-state index in [1.807, 2.05) is 78.9 Å². The van der Waals surface area contributed by atoms with E-state index in [1.165, 1.54) is 0 Å². The molecule has 1 unspecified atom stereocenters. The van der Waals surface area contributed by atoms with E-state index in [0.717, 1.165) is 27.6 Å². The number of pyridine rings is 1. The normalized spacial score (nSPS) is 12.0. The lowest BCUT2D eigenvalue weighted by atomic mass is 10.0. The number of hydrogen-bond donors (Lipinski definition) is 2. The van der Waals surface area contributed by atoms with Crippen LogP contribution in [0, 0.1) is 0 Å². The second-order valence-corrected chi connectivity index (χ2v) is 7.67. The summed E-state index contributed by atoms with van der Waals surface area (Å²) < 4.78 is 11.5. The Morgan fingerprint density at radius 1 is 0.939 bits per heavy atom. The highest BCUT2D eigenvalue weighted by atomic mass is 16.5. The van der Waals surface area contributed by atoms with Gasteiger partial charge < -0.3 is 14.5 Å². The minimum Gasteiger partial charge on any atom is -0.495 e. The molecular formula is C27H23N3O3. The van der Waals surface area contributed by atoms with Crippen LogP contribution in [0.2, 0.25) is 0 Å². The van der Waals surface area contributed by atoms with Gasteiger partial charge in [0.1, 0.15) is 16.9 Å². The summed E-state index contributed by atoms with van der Waals surface area (Å²) in [5.41, 5.74) is 3.92. The maximum absolute atomic E-state index is 12.9. The number of ether oxygens (including phenoxy) is 1. The molecule has 2 aromatic heterocycles. The van der Waals surface area contributed by atoms with Gasteiger partial charge in [-0.3, -0.25) is 15.1 Å². The predicted octanol–water partition coefficient (Wildman–Crippen LogP) is 5.31. The molecule has 164 valence electrons. The molecule has 0 aliphatic carbocycles. The number of hydrogen-bond acceptors (Lipinski definition) is 5. The molecule has 33 heavy (non-hydrogen) atoms. The van der Waals surface area contributed by atoms with Crippen molar-refractivity contribution in [3.05, 3.63) is 102 Å². The lowest BCUT2D eigenvalue weighted by molar-refractivity contribution is -0.115. The maximum atomic E-state index is 12.9. The van der Waals surface area contributed by atoms with E-state index in [-0.39, 0.29) is 18.5 Å². The number of aromatic nitrogens is 1. The molecule has 1 atom stereocenters. The van der Waals surface area contributed by atoms with Crippen molar-refractivity contribution in [2.24, 2.45) is 0 Å². The van der Waals surface area contributed by atoms with Crippen LogP contribution in [0.5, 0.6) is 5.75 Å². The zero-order valence-electron chi connectivity index (χ0n) is 18.1. The highest BCUT2D eigenvalue weighted by Crippen LogP contribution is 2.36. The van der Waals surface area contributed by atoms with Crippen molar-refractivity contribution < 1.29 is 13.9 Å². The van der Waals surface area contributed by atoms with Crippen LogP contribution in [0.25, 0.3) is 21.9 Å². The Bertz CT molecular complexity index is 1360. The van der Waals surface area contributed by atoms with Crippen molar-refractivity contribution >= 4 is 33.5 Å². The summed E-state index contributed by atoms with van der Waals surface area (Å²) in [7, 11) is 1.59. The van der Waals surface area contributed by atoms with Gasteiger partial charge in [-0.1, -0.05) is 54.6 Å². The van der Waals surface area contributed by atoms with Crippen molar-refractivity contribution in [3.63, 3.8) is 0 Å². The topological polar surface area (TPSA) is 76.4 Å². The zero-order valence-corrected chi connectivity index (χ0v) is 18.1. The van der Waals surface area contributed by atoms with Crippen LogP contribution in [-0.4, -0.2) is 24.5 Å². The number of nitrogens with one attached hydrogen (secondary N) is 2. The number of anilines is 1. The number of methoxy groups -OCH3 is 1. The van der Waals surface area contributed by atoms with Crippen LogP contribution in [-0.2, 0) is 4.79 Å². The fourth-order valence-corrected chi connectivity index (χ4v) is 3.99. The predicted molar refractivity (Wildman–Crippen MR) is 129 cm³/mol. The van der Waals surface area contributed by atoms with Gasteiger partial charge in [-0.2, -0.15) is 0 Å². The summed E-state index contributed by atoms with van der Waals surface area (Å²) >= 11 is 0. The second kappa shape index (κ2) is 9.14. The first kappa shape index (κ1) is 20.7. The first-order valence-corrected chi connectivity index (χ1v) is 10.7. The Morgan fingerprint density at radius 3 is 2.52 bits per heavy atom. The van der Waals surface area contributed by atoms with Gasteiger partial charge in [-0.25, -0.2) is 0 Å². The minimum atomic E-state index is -0.210. The van der Waals surface area contributed by atoms with E-state index in [0.29, 0.717) is 17.0 Å². The molecular weight excluding hydrogens is 414 g/mol. The number of rotatable bonds is 7. The van der Waals surface area contributed by atoms with Crippen molar-refractivity contribution in [3.8, 4) is 5.75 Å². The summed E-state index contributed by atoms with van der Waals surface area (Å²) in [4.78, 5) is 17.3. The Kier molecular flexibility index (Phi) is 5.74. The highest BCUT2D eigenvalue weighted by Gasteiger charge is 2.18. The lowest BCUT2D eigenvalue weighted by Gasteiger charge is -2.19. The average Bonchev–Trinajstić information content (AvgIpc) is 3.22. The number of para-hydroxylation sites is 1. The van der Waals surface area contributed by atoms with Crippen LogP contribution in [0.4, 0.5) is 5.69 Å². The third-order valence-corrected chi connectivity index (χ3v) is 5.56. The second-order valence-electron chi connectivity index (χ2n) is 7.67. The molecule has 1 amide bonds. The average molecular weight is 437 g/mol. The number of nitrogens with zero attached hydrogens (tertiary/aromatic N) is 1. The molecule has 0 radical (unpaired) electrons. The summed E-state index contributed by atoms with van der Waals surface area (Å²) in [5.74, 6) is 0.382. The van der Waals surface area contributed by atoms with Crippen molar-refractivity contribution in [1.29, 1.82) is 0 Å². The van der Waals surface area contributed by atoms with Crippen LogP contribution in [0.3, 0.4) is 0 Å². The maximum Gasteiger partial charge on any atom is 0.238 e. The molecule has 0 fully saturated rings. The Morgan fingerprint density at radius 2 is 1.73 bits per heavy atom. The van der Waals surface area contributed by atoms with Gasteiger partial charge in [0, 0.05) is 23.0 Å². The van der Waals surface area contributed by atoms with E-state index in [2.05, 4.69) is 15.6 Å². The van der Waals surface area contributed by atoms with Gasteiger partial charge >= 0.3 is 0 Å². The molecule has 0 aliphatic rings. The zero-order chi connectivity index (χ0) is 22.6. The van der Waals surface area contributed by atoms with Crippen LogP contribution < -0.4 is 15.4 Å². The fourth-order valence-electron chi connectivity index (χ4n) is 3.99. The molecule has 5 aromatic rings. The number of carbonyl (C=O) groups excluding carboxylic acids is 1. The monoisotopic (exact) mass is 437 g/mol. The summed E-state index contributed by atoms with van der Waals surface area (Å²) in [6.45, 7) is 0.0947. The molecule has 3 aromatic carbocycles. The smallest absolute Gasteiger partial charge is 0.238 e. The number of carbonyl (C=O) groups is 1. The summed E-state index contributed by atoms with van der Waals surface area (Å²) in [5, 5.41) is 8.23. The van der Waals surface area contributed by atoms with Gasteiger partial charge in [0.2, 0.25) is 5.91 Å². The van der Waals surface area contributed by atoms with Gasteiger partial charge in [0.15, 0.2) is 0 Å². The van der Waals surface area contributed by atoms with Crippen molar-refractivity contribution in [2.75, 3.05) is 19.0 Å². The van der Waals surface area contributed by atoms with Gasteiger partial charge in [0.25, 0.3) is 0 Å². The standard InChI is InChI=1S/C27H23N3O3/c1-32-25-15-20-19-11-5-6-13-23(19)33-24(20)16-22(25)30-26(31)17-29-27(18-9-3-2-4-10-18)21-12-7-8-14-28-21/h2-16,27,29H,17H2,1H3,(H,30,31). The van der Waals surface area contributed by atoms with Crippen molar-refractivity contribution in [1.82, 2.24) is 10.3 Å². The molecule has 0 spiro atoms. The molecule has 0 aliphatic heterocycles. The number of benzene rings is 3. The van der Waals surface area contributed by atoms with Gasteiger partial charge in [-0.05, 0) is 29.8 Å². The molecule has 0 saturated carbocycles. The van der Waals surface area contributed by atoms with Gasteiger partial charge in [-0.15, -0.1) is 0 Å².